The monoisotopic (exact) mass is 342 g/mol. The number of carbonyl (C=O) groups is 1. The summed E-state index contributed by atoms with van der Waals surface area (Å²) in [5.41, 5.74) is -0.298. The van der Waals surface area contributed by atoms with Gasteiger partial charge in [-0.3, -0.25) is 4.79 Å². The molecule has 1 rings (SSSR count). The summed E-state index contributed by atoms with van der Waals surface area (Å²) in [6, 6.07) is 3.05. The van der Waals surface area contributed by atoms with Crippen LogP contribution in [0.4, 0.5) is 5.82 Å². The van der Waals surface area contributed by atoms with Gasteiger partial charge in [0.15, 0.2) is 0 Å². The zero-order valence-corrected chi connectivity index (χ0v) is 15.2. The first-order valence-corrected chi connectivity index (χ1v) is 9.05. The van der Waals surface area contributed by atoms with Crippen LogP contribution in [0.25, 0.3) is 0 Å². The summed E-state index contributed by atoms with van der Waals surface area (Å²) in [5.74, 6) is 0.298. The predicted molar refractivity (Wildman–Crippen MR) is 90.7 cm³/mol. The van der Waals surface area contributed by atoms with Crippen LogP contribution >= 0.6 is 0 Å². The standard InChI is InChI=1S/C15H26N4O3S/c1-6-19(7-2)23(21,22)12-8-9-13(16-10-12)17-11-14(20)18-15(3,4)5/h8-10H,6-7,11H2,1-5H3,(H,16,17)(H,18,20). The van der Waals surface area contributed by atoms with Crippen molar-refractivity contribution in [1.29, 1.82) is 0 Å². The lowest BCUT2D eigenvalue weighted by Gasteiger charge is -2.20. The number of pyridine rings is 1. The maximum absolute atomic E-state index is 12.3. The summed E-state index contributed by atoms with van der Waals surface area (Å²) in [7, 11) is -3.51. The molecule has 0 aliphatic carbocycles. The van der Waals surface area contributed by atoms with E-state index in [-0.39, 0.29) is 22.9 Å². The second kappa shape index (κ2) is 7.74. The van der Waals surface area contributed by atoms with Gasteiger partial charge in [-0.25, -0.2) is 13.4 Å². The lowest BCUT2D eigenvalue weighted by Crippen LogP contribution is -2.43. The van der Waals surface area contributed by atoms with Crippen LogP contribution in [-0.4, -0.2) is 48.8 Å². The van der Waals surface area contributed by atoms with E-state index in [1.54, 1.807) is 19.9 Å². The molecular formula is C15H26N4O3S. The maximum atomic E-state index is 12.3. The number of nitrogens with one attached hydrogen (secondary N) is 2. The average molecular weight is 342 g/mol. The maximum Gasteiger partial charge on any atom is 0.244 e. The smallest absolute Gasteiger partial charge is 0.244 e. The first kappa shape index (κ1) is 19.4. The van der Waals surface area contributed by atoms with E-state index in [1.165, 1.54) is 16.6 Å². The summed E-state index contributed by atoms with van der Waals surface area (Å²) >= 11 is 0. The van der Waals surface area contributed by atoms with Gasteiger partial charge >= 0.3 is 0 Å². The van der Waals surface area contributed by atoms with E-state index >= 15 is 0 Å². The third-order valence-corrected chi connectivity index (χ3v) is 5.06. The fraction of sp³-hybridized carbons (Fsp3) is 0.600. The third-order valence-electron chi connectivity index (χ3n) is 3.02. The van der Waals surface area contributed by atoms with Crippen LogP contribution in [0.5, 0.6) is 0 Å². The van der Waals surface area contributed by atoms with E-state index in [0.717, 1.165) is 0 Å². The SMILES string of the molecule is CCN(CC)S(=O)(=O)c1ccc(NCC(=O)NC(C)(C)C)nc1. The van der Waals surface area contributed by atoms with Crippen molar-refractivity contribution in [2.75, 3.05) is 25.0 Å². The Kier molecular flexibility index (Phi) is 6.52. The molecule has 0 fully saturated rings. The van der Waals surface area contributed by atoms with E-state index < -0.39 is 10.0 Å². The van der Waals surface area contributed by atoms with Crippen LogP contribution in [0.3, 0.4) is 0 Å². The lowest BCUT2D eigenvalue weighted by atomic mass is 10.1. The lowest BCUT2D eigenvalue weighted by molar-refractivity contribution is -0.120. The normalized spacial score (nSPS) is 12.3. The first-order chi connectivity index (χ1) is 10.6. The summed E-state index contributed by atoms with van der Waals surface area (Å²) in [4.78, 5) is 15.9. The number of amides is 1. The zero-order chi connectivity index (χ0) is 17.7. The zero-order valence-electron chi connectivity index (χ0n) is 14.4. The van der Waals surface area contributed by atoms with Crippen molar-refractivity contribution in [1.82, 2.24) is 14.6 Å². The van der Waals surface area contributed by atoms with E-state index in [1.807, 2.05) is 20.8 Å². The van der Waals surface area contributed by atoms with Crippen LogP contribution in [0.2, 0.25) is 0 Å². The third kappa shape index (κ3) is 5.80. The molecule has 0 radical (unpaired) electrons. The van der Waals surface area contributed by atoms with Crippen molar-refractivity contribution in [3.05, 3.63) is 18.3 Å². The van der Waals surface area contributed by atoms with Gasteiger partial charge in [-0.1, -0.05) is 13.8 Å². The van der Waals surface area contributed by atoms with Gasteiger partial charge in [-0.15, -0.1) is 0 Å². The summed E-state index contributed by atoms with van der Waals surface area (Å²) in [5, 5.41) is 5.69. The molecule has 0 spiro atoms. The number of sulfonamides is 1. The van der Waals surface area contributed by atoms with E-state index in [9.17, 15) is 13.2 Å². The number of aromatic nitrogens is 1. The van der Waals surface area contributed by atoms with Crippen molar-refractivity contribution in [3.63, 3.8) is 0 Å². The summed E-state index contributed by atoms with van der Waals surface area (Å²) < 4.78 is 26.0. The summed E-state index contributed by atoms with van der Waals surface area (Å²) in [6.07, 6.45) is 1.30. The second-order valence-electron chi connectivity index (χ2n) is 6.12. The number of anilines is 1. The Balaban J connectivity index is 2.72. The van der Waals surface area contributed by atoms with E-state index in [2.05, 4.69) is 15.6 Å². The Morgan fingerprint density at radius 3 is 2.26 bits per heavy atom. The molecule has 2 N–H and O–H groups in total. The van der Waals surface area contributed by atoms with Gasteiger partial charge in [0.25, 0.3) is 0 Å². The molecule has 1 aromatic heterocycles. The van der Waals surface area contributed by atoms with Gasteiger partial charge in [0, 0.05) is 24.8 Å². The summed E-state index contributed by atoms with van der Waals surface area (Å²) in [6.45, 7) is 10.2. The Morgan fingerprint density at radius 2 is 1.83 bits per heavy atom. The van der Waals surface area contributed by atoms with Gasteiger partial charge in [0.2, 0.25) is 15.9 Å². The molecule has 8 heteroatoms. The highest BCUT2D eigenvalue weighted by Crippen LogP contribution is 2.15. The highest BCUT2D eigenvalue weighted by atomic mass is 32.2. The topological polar surface area (TPSA) is 91.4 Å². The van der Waals surface area contributed by atoms with Crippen molar-refractivity contribution in [2.45, 2.75) is 45.1 Å². The largest absolute Gasteiger partial charge is 0.361 e. The predicted octanol–water partition coefficient (Wildman–Crippen LogP) is 1.44. The number of carbonyl (C=O) groups excluding carboxylic acids is 1. The highest BCUT2D eigenvalue weighted by molar-refractivity contribution is 7.89. The minimum Gasteiger partial charge on any atom is -0.361 e. The molecule has 0 aromatic carbocycles. The molecule has 0 saturated carbocycles. The molecule has 23 heavy (non-hydrogen) atoms. The number of hydrogen-bond donors (Lipinski definition) is 2. The minimum absolute atomic E-state index is 0.0758. The van der Waals surface area contributed by atoms with Crippen molar-refractivity contribution in [3.8, 4) is 0 Å². The second-order valence-corrected chi connectivity index (χ2v) is 8.06. The highest BCUT2D eigenvalue weighted by Gasteiger charge is 2.21. The number of rotatable bonds is 7. The van der Waals surface area contributed by atoms with Crippen LogP contribution in [0.1, 0.15) is 34.6 Å². The number of nitrogens with zero attached hydrogens (tertiary/aromatic N) is 2. The fourth-order valence-electron chi connectivity index (χ4n) is 1.98. The van der Waals surface area contributed by atoms with Gasteiger partial charge in [-0.05, 0) is 32.9 Å². The van der Waals surface area contributed by atoms with Gasteiger partial charge in [0.1, 0.15) is 10.7 Å². The molecule has 130 valence electrons. The molecular weight excluding hydrogens is 316 g/mol. The van der Waals surface area contributed by atoms with Crippen LogP contribution in [0.15, 0.2) is 23.2 Å². The van der Waals surface area contributed by atoms with Crippen LogP contribution in [0, 0.1) is 0 Å². The van der Waals surface area contributed by atoms with E-state index in [0.29, 0.717) is 18.9 Å². The Bertz CT molecular complexity index is 617. The quantitative estimate of drug-likeness (QED) is 0.782. The molecule has 1 aromatic rings. The van der Waals surface area contributed by atoms with Crippen molar-refractivity contribution >= 4 is 21.7 Å². The first-order valence-electron chi connectivity index (χ1n) is 7.61. The Labute approximate surface area is 138 Å². The Hall–Kier alpha value is -1.67. The van der Waals surface area contributed by atoms with Gasteiger partial charge in [-0.2, -0.15) is 4.31 Å². The molecule has 0 saturated heterocycles. The molecule has 1 heterocycles. The Morgan fingerprint density at radius 1 is 1.22 bits per heavy atom. The van der Waals surface area contributed by atoms with Gasteiger partial charge < -0.3 is 10.6 Å². The molecule has 1 amide bonds. The minimum atomic E-state index is -3.51. The number of hydrogen-bond acceptors (Lipinski definition) is 5. The molecule has 0 unspecified atom stereocenters. The van der Waals surface area contributed by atoms with Crippen molar-refractivity contribution in [2.24, 2.45) is 0 Å². The van der Waals surface area contributed by atoms with E-state index in [4.69, 9.17) is 0 Å². The average Bonchev–Trinajstić information content (AvgIpc) is 2.45. The molecule has 0 atom stereocenters. The molecule has 0 aliphatic rings. The van der Waals surface area contributed by atoms with Crippen LogP contribution in [-0.2, 0) is 14.8 Å². The molecule has 0 bridgehead atoms. The van der Waals surface area contributed by atoms with Crippen LogP contribution < -0.4 is 10.6 Å². The van der Waals surface area contributed by atoms with Crippen molar-refractivity contribution < 1.29 is 13.2 Å². The van der Waals surface area contributed by atoms with Gasteiger partial charge in [0.05, 0.1) is 6.54 Å². The molecule has 7 nitrogen and oxygen atoms in total. The molecule has 0 aliphatic heterocycles. The fourth-order valence-corrected chi connectivity index (χ4v) is 3.39.